The van der Waals surface area contributed by atoms with E-state index >= 15 is 0 Å². The Balaban J connectivity index is 2.68. The summed E-state index contributed by atoms with van der Waals surface area (Å²) in [6.45, 7) is 7.10. The molecule has 0 aromatic heterocycles. The molecule has 1 saturated heterocycles. The lowest BCUT2D eigenvalue weighted by atomic mass is 9.88. The number of hydrogen-bond donors (Lipinski definition) is 1. The Morgan fingerprint density at radius 2 is 2.42 bits per heavy atom. The average Bonchev–Trinajstić information content (AvgIpc) is 2.19. The summed E-state index contributed by atoms with van der Waals surface area (Å²) in [4.78, 5) is 11.5. The van der Waals surface area contributed by atoms with Crippen molar-refractivity contribution in [1.82, 2.24) is 5.32 Å². The highest BCUT2D eigenvalue weighted by Gasteiger charge is 2.34. The molecule has 3 heteroatoms. The fourth-order valence-corrected chi connectivity index (χ4v) is 1.16. The lowest BCUT2D eigenvalue weighted by Gasteiger charge is -2.23. The third-order valence-corrected chi connectivity index (χ3v) is 2.57. The molecule has 12 heavy (non-hydrogen) atoms. The summed E-state index contributed by atoms with van der Waals surface area (Å²) in [7, 11) is 0. The minimum atomic E-state index is -0.329. The Hall–Kier alpha value is -0.570. The van der Waals surface area contributed by atoms with E-state index in [1.54, 1.807) is 0 Å². The number of carbonyl (C=O) groups excluding carboxylic acids is 1. The third kappa shape index (κ3) is 1.78. The van der Waals surface area contributed by atoms with Crippen molar-refractivity contribution < 1.29 is 9.53 Å². The molecule has 1 N–H and O–H groups in total. The van der Waals surface area contributed by atoms with E-state index in [1.807, 2.05) is 20.8 Å². The summed E-state index contributed by atoms with van der Waals surface area (Å²) in [5, 5.41) is 2.87. The van der Waals surface area contributed by atoms with Crippen LogP contribution in [0.4, 0.5) is 0 Å². The van der Waals surface area contributed by atoms with Crippen LogP contribution in [-0.2, 0) is 9.53 Å². The van der Waals surface area contributed by atoms with Gasteiger partial charge in [0.2, 0.25) is 5.91 Å². The summed E-state index contributed by atoms with van der Waals surface area (Å²) in [5.74, 6) is 0.120. The molecule has 0 aliphatic carbocycles. The number of ether oxygens (including phenoxy) is 1. The number of rotatable bonds is 1. The van der Waals surface area contributed by atoms with E-state index in [2.05, 4.69) is 5.32 Å². The third-order valence-electron chi connectivity index (χ3n) is 2.57. The summed E-state index contributed by atoms with van der Waals surface area (Å²) < 4.78 is 5.50. The summed E-state index contributed by atoms with van der Waals surface area (Å²) in [5.41, 5.74) is -0.329. The van der Waals surface area contributed by atoms with Crippen LogP contribution in [-0.4, -0.2) is 25.2 Å². The molecule has 0 aromatic rings. The zero-order valence-electron chi connectivity index (χ0n) is 8.02. The first-order valence-electron chi connectivity index (χ1n) is 4.48. The number of nitrogens with one attached hydrogen (secondary N) is 1. The largest absolute Gasteiger partial charge is 0.376 e. The zero-order chi connectivity index (χ0) is 9.19. The van der Waals surface area contributed by atoms with Gasteiger partial charge in [-0.05, 0) is 20.3 Å². The van der Waals surface area contributed by atoms with Gasteiger partial charge in [-0.25, -0.2) is 0 Å². The first-order valence-corrected chi connectivity index (χ1v) is 4.48. The Labute approximate surface area is 73.5 Å². The molecule has 70 valence electrons. The molecular formula is C9H17NO2. The molecule has 0 spiro atoms. The molecule has 1 amide bonds. The molecule has 1 rings (SSSR count). The van der Waals surface area contributed by atoms with Gasteiger partial charge in [-0.2, -0.15) is 0 Å². The Bertz CT molecular complexity index is 181. The molecule has 1 aliphatic heterocycles. The van der Waals surface area contributed by atoms with Crippen molar-refractivity contribution in [3.63, 3.8) is 0 Å². The molecule has 2 atom stereocenters. The van der Waals surface area contributed by atoms with Gasteiger partial charge in [0.25, 0.3) is 0 Å². The molecule has 0 saturated carbocycles. The minimum absolute atomic E-state index is 0.120. The predicted octanol–water partition coefficient (Wildman–Crippen LogP) is 0.938. The molecule has 2 unspecified atom stereocenters. The van der Waals surface area contributed by atoms with E-state index in [9.17, 15) is 4.79 Å². The minimum Gasteiger partial charge on any atom is -0.376 e. The van der Waals surface area contributed by atoms with Gasteiger partial charge in [-0.15, -0.1) is 0 Å². The Morgan fingerprint density at radius 3 is 3.00 bits per heavy atom. The standard InChI is InChI=1S/C9H17NO2/c1-4-9(3)6-12-7(2)5-10-8(9)11/h7H,4-6H2,1-3H3,(H,10,11). The maximum atomic E-state index is 11.5. The van der Waals surface area contributed by atoms with Crippen LogP contribution in [0.15, 0.2) is 0 Å². The second-order valence-electron chi connectivity index (χ2n) is 3.75. The highest BCUT2D eigenvalue weighted by molar-refractivity contribution is 5.82. The normalized spacial score (nSPS) is 37.2. The second-order valence-corrected chi connectivity index (χ2v) is 3.75. The van der Waals surface area contributed by atoms with Gasteiger partial charge in [-0.3, -0.25) is 4.79 Å². The quantitative estimate of drug-likeness (QED) is 0.637. The van der Waals surface area contributed by atoms with Crippen LogP contribution in [0.3, 0.4) is 0 Å². The monoisotopic (exact) mass is 171 g/mol. The molecular weight excluding hydrogens is 154 g/mol. The van der Waals surface area contributed by atoms with Crippen molar-refractivity contribution >= 4 is 5.91 Å². The Kier molecular flexibility index (Phi) is 2.73. The SMILES string of the molecule is CCC1(C)COC(C)CNC1=O. The topological polar surface area (TPSA) is 38.3 Å². The van der Waals surface area contributed by atoms with Crippen molar-refractivity contribution in [3.8, 4) is 0 Å². The fraction of sp³-hybridized carbons (Fsp3) is 0.889. The first-order chi connectivity index (χ1) is 5.58. The van der Waals surface area contributed by atoms with Gasteiger partial charge in [-0.1, -0.05) is 6.92 Å². The fourth-order valence-electron chi connectivity index (χ4n) is 1.16. The van der Waals surface area contributed by atoms with E-state index in [1.165, 1.54) is 0 Å². The highest BCUT2D eigenvalue weighted by Crippen LogP contribution is 2.23. The molecule has 1 aliphatic rings. The highest BCUT2D eigenvalue weighted by atomic mass is 16.5. The number of hydrogen-bond acceptors (Lipinski definition) is 2. The first kappa shape index (κ1) is 9.52. The predicted molar refractivity (Wildman–Crippen MR) is 46.8 cm³/mol. The molecule has 1 heterocycles. The number of amides is 1. The molecule has 0 radical (unpaired) electrons. The van der Waals surface area contributed by atoms with Gasteiger partial charge < -0.3 is 10.1 Å². The maximum Gasteiger partial charge on any atom is 0.228 e. The van der Waals surface area contributed by atoms with Crippen LogP contribution in [0, 0.1) is 5.41 Å². The molecule has 3 nitrogen and oxygen atoms in total. The summed E-state index contributed by atoms with van der Waals surface area (Å²) >= 11 is 0. The van der Waals surface area contributed by atoms with Crippen molar-refractivity contribution in [2.45, 2.75) is 33.3 Å². The van der Waals surface area contributed by atoms with Gasteiger partial charge in [0, 0.05) is 6.54 Å². The lowest BCUT2D eigenvalue weighted by molar-refractivity contribution is -0.131. The van der Waals surface area contributed by atoms with Crippen molar-refractivity contribution in [2.75, 3.05) is 13.2 Å². The van der Waals surface area contributed by atoms with Gasteiger partial charge in [0.15, 0.2) is 0 Å². The molecule has 0 bridgehead atoms. The van der Waals surface area contributed by atoms with Gasteiger partial charge in [0.05, 0.1) is 18.1 Å². The van der Waals surface area contributed by atoms with Crippen LogP contribution in [0.2, 0.25) is 0 Å². The molecule has 1 fully saturated rings. The van der Waals surface area contributed by atoms with Gasteiger partial charge in [0.1, 0.15) is 0 Å². The van der Waals surface area contributed by atoms with E-state index in [0.717, 1.165) is 6.42 Å². The average molecular weight is 171 g/mol. The zero-order valence-corrected chi connectivity index (χ0v) is 8.02. The van der Waals surface area contributed by atoms with Crippen molar-refractivity contribution in [1.29, 1.82) is 0 Å². The van der Waals surface area contributed by atoms with Crippen LogP contribution >= 0.6 is 0 Å². The smallest absolute Gasteiger partial charge is 0.228 e. The van der Waals surface area contributed by atoms with Crippen LogP contribution < -0.4 is 5.32 Å². The van der Waals surface area contributed by atoms with Crippen molar-refractivity contribution in [3.05, 3.63) is 0 Å². The maximum absolute atomic E-state index is 11.5. The van der Waals surface area contributed by atoms with Crippen LogP contribution in [0.5, 0.6) is 0 Å². The summed E-state index contributed by atoms with van der Waals surface area (Å²) in [6.07, 6.45) is 0.966. The number of carbonyl (C=O) groups is 1. The second kappa shape index (κ2) is 3.44. The van der Waals surface area contributed by atoms with E-state index in [4.69, 9.17) is 4.74 Å². The lowest BCUT2D eigenvalue weighted by Crippen LogP contribution is -2.39. The van der Waals surface area contributed by atoms with E-state index in [0.29, 0.717) is 13.2 Å². The summed E-state index contributed by atoms with van der Waals surface area (Å²) in [6, 6.07) is 0. The van der Waals surface area contributed by atoms with Crippen LogP contribution in [0.25, 0.3) is 0 Å². The molecule has 0 aromatic carbocycles. The van der Waals surface area contributed by atoms with Crippen molar-refractivity contribution in [2.24, 2.45) is 5.41 Å². The van der Waals surface area contributed by atoms with E-state index in [-0.39, 0.29) is 17.4 Å². The van der Waals surface area contributed by atoms with E-state index < -0.39 is 0 Å². The van der Waals surface area contributed by atoms with Crippen LogP contribution in [0.1, 0.15) is 27.2 Å². The Morgan fingerprint density at radius 1 is 1.75 bits per heavy atom. The van der Waals surface area contributed by atoms with Gasteiger partial charge >= 0.3 is 0 Å².